The monoisotopic (exact) mass is 403 g/mol. The zero-order valence-electron chi connectivity index (χ0n) is 15.1. The number of thiophene rings is 1. The molecule has 0 fully saturated rings. The molecule has 0 atom stereocenters. The molecule has 5 aromatic rings. The van der Waals surface area contributed by atoms with Crippen LogP contribution in [-0.4, -0.2) is 14.7 Å². The molecule has 3 heterocycles. The van der Waals surface area contributed by atoms with Crippen LogP contribution < -0.4 is 5.56 Å². The minimum absolute atomic E-state index is 0.167. The van der Waals surface area contributed by atoms with E-state index in [4.69, 9.17) is 4.52 Å². The van der Waals surface area contributed by atoms with Gasteiger partial charge in [-0.25, -0.2) is 9.37 Å². The molecule has 7 heteroatoms. The molecule has 29 heavy (non-hydrogen) atoms. The summed E-state index contributed by atoms with van der Waals surface area (Å²) in [5, 5.41) is 6.48. The normalized spacial score (nSPS) is 11.2. The molecular weight excluding hydrogens is 389 g/mol. The molecule has 142 valence electrons. The van der Waals surface area contributed by atoms with Crippen molar-refractivity contribution in [2.75, 3.05) is 0 Å². The van der Waals surface area contributed by atoms with Gasteiger partial charge in [-0.05, 0) is 17.7 Å². The topological polar surface area (TPSA) is 60.9 Å². The number of fused-ring (bicyclic) bond motifs is 1. The van der Waals surface area contributed by atoms with E-state index in [0.29, 0.717) is 21.7 Å². The molecule has 0 saturated carbocycles. The van der Waals surface area contributed by atoms with E-state index in [1.807, 2.05) is 41.8 Å². The van der Waals surface area contributed by atoms with Crippen LogP contribution in [0.3, 0.4) is 0 Å². The summed E-state index contributed by atoms with van der Waals surface area (Å²) in [5.41, 5.74) is 2.91. The molecule has 0 aliphatic carbocycles. The minimum atomic E-state index is -0.316. The first-order valence-corrected chi connectivity index (χ1v) is 9.80. The number of aromatic nitrogens is 3. The Kier molecular flexibility index (Phi) is 4.29. The second kappa shape index (κ2) is 7.10. The first-order valence-electron chi connectivity index (χ1n) is 8.92. The number of halogens is 1. The standard InChI is InChI=1S/C22H14FN3O2S/c23-16-8-6-14(7-9-16)18-12-29-21-20(18)22(27)26(13-24-21)11-17-10-19(28-25-17)15-4-2-1-3-5-15/h1-10,12-13H,11H2. The summed E-state index contributed by atoms with van der Waals surface area (Å²) >= 11 is 1.39. The summed E-state index contributed by atoms with van der Waals surface area (Å²) in [6.07, 6.45) is 1.52. The maximum atomic E-state index is 13.3. The van der Waals surface area contributed by atoms with Crippen LogP contribution in [-0.2, 0) is 6.54 Å². The quantitative estimate of drug-likeness (QED) is 0.425. The van der Waals surface area contributed by atoms with Crippen LogP contribution in [0.5, 0.6) is 0 Å². The van der Waals surface area contributed by atoms with Gasteiger partial charge in [0, 0.05) is 22.6 Å². The van der Waals surface area contributed by atoms with Crippen LogP contribution in [0.2, 0.25) is 0 Å². The van der Waals surface area contributed by atoms with E-state index in [1.54, 1.807) is 12.1 Å². The Morgan fingerprint density at radius 1 is 1.03 bits per heavy atom. The first-order chi connectivity index (χ1) is 14.2. The van der Waals surface area contributed by atoms with Crippen LogP contribution in [0, 0.1) is 5.82 Å². The molecule has 3 aromatic heterocycles. The summed E-state index contributed by atoms with van der Waals surface area (Å²) < 4.78 is 20.2. The minimum Gasteiger partial charge on any atom is -0.356 e. The van der Waals surface area contributed by atoms with Crippen molar-refractivity contribution < 1.29 is 8.91 Å². The van der Waals surface area contributed by atoms with E-state index in [9.17, 15) is 9.18 Å². The van der Waals surface area contributed by atoms with E-state index < -0.39 is 0 Å². The van der Waals surface area contributed by atoms with Gasteiger partial charge in [0.25, 0.3) is 5.56 Å². The Hall–Kier alpha value is -3.58. The number of nitrogens with zero attached hydrogens (tertiary/aromatic N) is 3. The van der Waals surface area contributed by atoms with Crippen molar-refractivity contribution in [2.45, 2.75) is 6.54 Å². The molecule has 0 amide bonds. The van der Waals surface area contributed by atoms with Gasteiger partial charge in [0.2, 0.25) is 0 Å². The van der Waals surface area contributed by atoms with Crippen molar-refractivity contribution in [1.29, 1.82) is 0 Å². The van der Waals surface area contributed by atoms with E-state index >= 15 is 0 Å². The van der Waals surface area contributed by atoms with Crippen LogP contribution in [0.15, 0.2) is 81.7 Å². The van der Waals surface area contributed by atoms with Crippen molar-refractivity contribution >= 4 is 21.6 Å². The zero-order valence-corrected chi connectivity index (χ0v) is 15.9. The highest BCUT2D eigenvalue weighted by atomic mass is 32.1. The number of rotatable bonds is 4. The molecule has 0 N–H and O–H groups in total. The molecule has 0 unspecified atom stereocenters. The van der Waals surface area contributed by atoms with Gasteiger partial charge < -0.3 is 4.52 Å². The van der Waals surface area contributed by atoms with Crippen LogP contribution in [0.25, 0.3) is 32.7 Å². The number of hydrogen-bond donors (Lipinski definition) is 0. The molecule has 0 saturated heterocycles. The fraction of sp³-hybridized carbons (Fsp3) is 0.0455. The second-order valence-electron chi connectivity index (χ2n) is 6.56. The molecule has 0 radical (unpaired) electrons. The Bertz CT molecular complexity index is 1350. The summed E-state index contributed by atoms with van der Waals surface area (Å²) in [7, 11) is 0. The third kappa shape index (κ3) is 3.25. The largest absolute Gasteiger partial charge is 0.356 e. The summed E-state index contributed by atoms with van der Waals surface area (Å²) in [5.74, 6) is 0.328. The molecule has 5 rings (SSSR count). The molecule has 0 bridgehead atoms. The fourth-order valence-corrected chi connectivity index (χ4v) is 4.13. The summed E-state index contributed by atoms with van der Waals surface area (Å²) in [6.45, 7) is 0.247. The molecule has 0 aliphatic rings. The van der Waals surface area contributed by atoms with E-state index in [2.05, 4.69) is 10.1 Å². The SMILES string of the molecule is O=c1c2c(-c3ccc(F)cc3)csc2ncn1Cc1cc(-c2ccccc2)on1. The van der Waals surface area contributed by atoms with E-state index in [0.717, 1.165) is 16.7 Å². The lowest BCUT2D eigenvalue weighted by Crippen LogP contribution is -2.21. The zero-order chi connectivity index (χ0) is 19.8. The van der Waals surface area contributed by atoms with E-state index in [-0.39, 0.29) is 17.9 Å². The van der Waals surface area contributed by atoms with Gasteiger partial charge in [-0.2, -0.15) is 0 Å². The number of hydrogen-bond acceptors (Lipinski definition) is 5. The predicted octanol–water partition coefficient (Wildman–Crippen LogP) is 4.97. The third-order valence-corrected chi connectivity index (χ3v) is 5.55. The highest BCUT2D eigenvalue weighted by Gasteiger charge is 2.15. The number of benzene rings is 2. The summed E-state index contributed by atoms with van der Waals surface area (Å²) in [6, 6.07) is 17.6. The van der Waals surface area contributed by atoms with Crippen LogP contribution in [0.4, 0.5) is 4.39 Å². The van der Waals surface area contributed by atoms with Gasteiger partial charge in [-0.15, -0.1) is 11.3 Å². The fourth-order valence-electron chi connectivity index (χ4n) is 3.22. The summed E-state index contributed by atoms with van der Waals surface area (Å²) in [4.78, 5) is 18.2. The van der Waals surface area contributed by atoms with Crippen molar-refractivity contribution in [2.24, 2.45) is 0 Å². The van der Waals surface area contributed by atoms with Crippen molar-refractivity contribution in [3.63, 3.8) is 0 Å². The second-order valence-corrected chi connectivity index (χ2v) is 7.42. The Balaban J connectivity index is 1.52. The van der Waals surface area contributed by atoms with Gasteiger partial charge in [0.1, 0.15) is 16.3 Å². The Morgan fingerprint density at radius 3 is 2.62 bits per heavy atom. The van der Waals surface area contributed by atoms with E-state index in [1.165, 1.54) is 34.4 Å². The third-order valence-electron chi connectivity index (χ3n) is 4.67. The highest BCUT2D eigenvalue weighted by molar-refractivity contribution is 7.17. The maximum absolute atomic E-state index is 13.3. The van der Waals surface area contributed by atoms with Crippen LogP contribution >= 0.6 is 11.3 Å². The van der Waals surface area contributed by atoms with Crippen molar-refractivity contribution in [3.05, 3.63) is 94.2 Å². The molecular formula is C22H14FN3O2S. The molecule has 2 aromatic carbocycles. The first kappa shape index (κ1) is 17.5. The predicted molar refractivity (Wildman–Crippen MR) is 110 cm³/mol. The van der Waals surface area contributed by atoms with Gasteiger partial charge in [-0.1, -0.05) is 47.6 Å². The van der Waals surface area contributed by atoms with Gasteiger partial charge in [0.15, 0.2) is 5.76 Å². The Morgan fingerprint density at radius 2 is 1.83 bits per heavy atom. The molecule has 5 nitrogen and oxygen atoms in total. The van der Waals surface area contributed by atoms with Crippen molar-refractivity contribution in [3.8, 4) is 22.5 Å². The lowest BCUT2D eigenvalue weighted by Gasteiger charge is -2.04. The average Bonchev–Trinajstić information content (AvgIpc) is 3.39. The highest BCUT2D eigenvalue weighted by Crippen LogP contribution is 2.30. The van der Waals surface area contributed by atoms with Crippen LogP contribution in [0.1, 0.15) is 5.69 Å². The maximum Gasteiger partial charge on any atom is 0.263 e. The van der Waals surface area contributed by atoms with Gasteiger partial charge in [-0.3, -0.25) is 9.36 Å². The smallest absolute Gasteiger partial charge is 0.263 e. The molecule has 0 spiro atoms. The van der Waals surface area contributed by atoms with Gasteiger partial charge >= 0.3 is 0 Å². The van der Waals surface area contributed by atoms with Gasteiger partial charge in [0.05, 0.1) is 18.3 Å². The molecule has 0 aliphatic heterocycles. The Labute approximate surface area is 168 Å². The lowest BCUT2D eigenvalue weighted by molar-refractivity contribution is 0.420. The lowest BCUT2D eigenvalue weighted by atomic mass is 10.1. The average molecular weight is 403 g/mol. The van der Waals surface area contributed by atoms with Crippen molar-refractivity contribution in [1.82, 2.24) is 14.7 Å².